The van der Waals surface area contributed by atoms with E-state index in [4.69, 9.17) is 0 Å². The van der Waals surface area contributed by atoms with Gasteiger partial charge in [0.15, 0.2) is 0 Å². The number of halogens is 1. The summed E-state index contributed by atoms with van der Waals surface area (Å²) in [5, 5.41) is 6.39. The van der Waals surface area contributed by atoms with E-state index in [9.17, 15) is 9.18 Å². The standard InChI is InChI=1S/C19H21FN4O/c1-2-12-24-13-14(15-6-5-10-21-18(15)24)9-11-22-19(25)23-17-8-4-3-7-16(17)20/h3-8,10,13H,2,9,11-12H2,1H3,(H2,22,23,25). The zero-order valence-electron chi connectivity index (χ0n) is 14.1. The molecule has 0 unspecified atom stereocenters. The second-order valence-electron chi connectivity index (χ2n) is 5.83. The molecule has 0 fully saturated rings. The fourth-order valence-electron chi connectivity index (χ4n) is 2.85. The van der Waals surface area contributed by atoms with Crippen molar-refractivity contribution in [2.45, 2.75) is 26.3 Å². The van der Waals surface area contributed by atoms with Crippen LogP contribution in [0.2, 0.25) is 0 Å². The third-order valence-electron chi connectivity index (χ3n) is 3.98. The summed E-state index contributed by atoms with van der Waals surface area (Å²) in [5.74, 6) is -0.452. The van der Waals surface area contributed by atoms with Crippen molar-refractivity contribution in [2.75, 3.05) is 11.9 Å². The maximum atomic E-state index is 13.5. The number of pyridine rings is 1. The van der Waals surface area contributed by atoms with Crippen molar-refractivity contribution < 1.29 is 9.18 Å². The molecule has 130 valence electrons. The predicted molar refractivity (Wildman–Crippen MR) is 97.1 cm³/mol. The maximum absolute atomic E-state index is 13.5. The number of rotatable bonds is 6. The van der Waals surface area contributed by atoms with Crippen LogP contribution in [-0.4, -0.2) is 22.1 Å². The van der Waals surface area contributed by atoms with Crippen LogP contribution in [0.4, 0.5) is 14.9 Å². The highest BCUT2D eigenvalue weighted by Crippen LogP contribution is 2.20. The Balaban J connectivity index is 1.61. The van der Waals surface area contributed by atoms with Crippen molar-refractivity contribution >= 4 is 22.8 Å². The number of carbonyl (C=O) groups is 1. The van der Waals surface area contributed by atoms with Crippen LogP contribution in [0.1, 0.15) is 18.9 Å². The number of nitrogens with zero attached hydrogens (tertiary/aromatic N) is 2. The summed E-state index contributed by atoms with van der Waals surface area (Å²) in [5.41, 5.74) is 2.28. The second kappa shape index (κ2) is 7.79. The van der Waals surface area contributed by atoms with Crippen LogP contribution in [-0.2, 0) is 13.0 Å². The zero-order valence-corrected chi connectivity index (χ0v) is 14.1. The number of para-hydroxylation sites is 1. The van der Waals surface area contributed by atoms with Crippen molar-refractivity contribution in [1.29, 1.82) is 0 Å². The Hall–Kier alpha value is -2.89. The Labute approximate surface area is 145 Å². The average Bonchev–Trinajstić information content (AvgIpc) is 2.96. The minimum Gasteiger partial charge on any atom is -0.338 e. The number of benzene rings is 1. The highest BCUT2D eigenvalue weighted by atomic mass is 19.1. The molecule has 0 saturated heterocycles. The molecular formula is C19H21FN4O. The van der Waals surface area contributed by atoms with Gasteiger partial charge in [-0.15, -0.1) is 0 Å². The van der Waals surface area contributed by atoms with Gasteiger partial charge in [-0.05, 0) is 42.7 Å². The van der Waals surface area contributed by atoms with Gasteiger partial charge in [0.05, 0.1) is 5.69 Å². The van der Waals surface area contributed by atoms with Crippen LogP contribution in [0.25, 0.3) is 11.0 Å². The number of amides is 2. The van der Waals surface area contributed by atoms with Crippen molar-refractivity contribution in [3.05, 3.63) is 60.2 Å². The number of hydrogen-bond donors (Lipinski definition) is 2. The minimum absolute atomic E-state index is 0.170. The van der Waals surface area contributed by atoms with Gasteiger partial charge in [-0.3, -0.25) is 0 Å². The highest BCUT2D eigenvalue weighted by molar-refractivity contribution is 5.89. The number of aromatic nitrogens is 2. The summed E-state index contributed by atoms with van der Waals surface area (Å²) < 4.78 is 15.7. The summed E-state index contributed by atoms with van der Waals surface area (Å²) in [6.07, 6.45) is 5.60. The molecule has 3 rings (SSSR count). The lowest BCUT2D eigenvalue weighted by atomic mass is 10.1. The number of fused-ring (bicyclic) bond motifs is 1. The van der Waals surface area contributed by atoms with Crippen LogP contribution < -0.4 is 10.6 Å². The molecule has 6 heteroatoms. The topological polar surface area (TPSA) is 59.0 Å². The average molecular weight is 340 g/mol. The predicted octanol–water partition coefficient (Wildman–Crippen LogP) is 3.95. The number of urea groups is 1. The number of nitrogens with one attached hydrogen (secondary N) is 2. The molecule has 0 bridgehead atoms. The van der Waals surface area contributed by atoms with E-state index in [2.05, 4.69) is 33.3 Å². The summed E-state index contributed by atoms with van der Waals surface area (Å²) in [6, 6.07) is 9.64. The van der Waals surface area contributed by atoms with Crippen molar-refractivity contribution in [2.24, 2.45) is 0 Å². The Morgan fingerprint density at radius 1 is 1.24 bits per heavy atom. The van der Waals surface area contributed by atoms with Gasteiger partial charge in [0.2, 0.25) is 0 Å². The van der Waals surface area contributed by atoms with E-state index in [0.717, 1.165) is 29.6 Å². The molecule has 0 aliphatic carbocycles. The fourth-order valence-corrected chi connectivity index (χ4v) is 2.85. The molecule has 0 saturated carbocycles. The van der Waals surface area contributed by atoms with Gasteiger partial charge in [-0.2, -0.15) is 0 Å². The molecule has 25 heavy (non-hydrogen) atoms. The largest absolute Gasteiger partial charge is 0.338 e. The van der Waals surface area contributed by atoms with Gasteiger partial charge in [0.25, 0.3) is 0 Å². The molecule has 0 aliphatic heterocycles. The van der Waals surface area contributed by atoms with E-state index >= 15 is 0 Å². The van der Waals surface area contributed by atoms with Crippen molar-refractivity contribution in [3.63, 3.8) is 0 Å². The molecule has 3 aromatic rings. The highest BCUT2D eigenvalue weighted by Gasteiger charge is 2.10. The number of aryl methyl sites for hydroxylation is 1. The third-order valence-corrected chi connectivity index (χ3v) is 3.98. The van der Waals surface area contributed by atoms with E-state index in [1.807, 2.05) is 12.1 Å². The Morgan fingerprint density at radius 2 is 2.08 bits per heavy atom. The van der Waals surface area contributed by atoms with Crippen LogP contribution in [0, 0.1) is 5.82 Å². The lowest BCUT2D eigenvalue weighted by Crippen LogP contribution is -2.30. The first-order valence-electron chi connectivity index (χ1n) is 8.41. The summed E-state index contributed by atoms with van der Waals surface area (Å²) >= 11 is 0. The molecule has 0 spiro atoms. The molecule has 0 atom stereocenters. The van der Waals surface area contributed by atoms with Gasteiger partial charge in [-0.1, -0.05) is 19.1 Å². The van der Waals surface area contributed by atoms with E-state index in [1.165, 1.54) is 12.1 Å². The summed E-state index contributed by atoms with van der Waals surface area (Å²) in [4.78, 5) is 16.4. The molecule has 5 nitrogen and oxygen atoms in total. The first kappa shape index (κ1) is 17.0. The monoisotopic (exact) mass is 340 g/mol. The fraction of sp³-hybridized carbons (Fsp3) is 0.263. The van der Waals surface area contributed by atoms with Gasteiger partial charge >= 0.3 is 6.03 Å². The summed E-state index contributed by atoms with van der Waals surface area (Å²) in [6.45, 7) is 3.50. The molecule has 0 radical (unpaired) electrons. The van der Waals surface area contributed by atoms with Crippen LogP contribution >= 0.6 is 0 Å². The molecule has 2 aromatic heterocycles. The minimum atomic E-state index is -0.452. The van der Waals surface area contributed by atoms with Gasteiger partial charge < -0.3 is 15.2 Å². The molecule has 2 heterocycles. The van der Waals surface area contributed by atoms with E-state index in [1.54, 1.807) is 18.3 Å². The van der Waals surface area contributed by atoms with Gasteiger partial charge in [0.1, 0.15) is 11.5 Å². The zero-order chi connectivity index (χ0) is 17.6. The molecule has 1 aromatic carbocycles. The van der Waals surface area contributed by atoms with Crippen LogP contribution in [0.15, 0.2) is 48.8 Å². The summed E-state index contributed by atoms with van der Waals surface area (Å²) in [7, 11) is 0. The van der Waals surface area contributed by atoms with E-state index < -0.39 is 11.8 Å². The lowest BCUT2D eigenvalue weighted by Gasteiger charge is -2.08. The Morgan fingerprint density at radius 3 is 2.88 bits per heavy atom. The van der Waals surface area contributed by atoms with Crippen molar-refractivity contribution in [1.82, 2.24) is 14.9 Å². The molecular weight excluding hydrogens is 319 g/mol. The SMILES string of the molecule is CCCn1cc(CCNC(=O)Nc2ccccc2F)c2cccnc21. The Bertz CT molecular complexity index is 875. The lowest BCUT2D eigenvalue weighted by molar-refractivity contribution is 0.252. The Kier molecular flexibility index (Phi) is 5.28. The van der Waals surface area contributed by atoms with E-state index in [0.29, 0.717) is 13.0 Å². The number of carbonyl (C=O) groups excluding carboxylic acids is 1. The normalized spacial score (nSPS) is 10.8. The smallest absolute Gasteiger partial charge is 0.319 e. The quantitative estimate of drug-likeness (QED) is 0.714. The maximum Gasteiger partial charge on any atom is 0.319 e. The molecule has 2 amide bonds. The second-order valence-corrected chi connectivity index (χ2v) is 5.83. The van der Waals surface area contributed by atoms with Gasteiger partial charge in [-0.25, -0.2) is 14.2 Å². The van der Waals surface area contributed by atoms with Crippen LogP contribution in [0.5, 0.6) is 0 Å². The first-order chi connectivity index (χ1) is 12.2. The molecule has 0 aliphatic rings. The van der Waals surface area contributed by atoms with Crippen molar-refractivity contribution in [3.8, 4) is 0 Å². The van der Waals surface area contributed by atoms with E-state index in [-0.39, 0.29) is 5.69 Å². The van der Waals surface area contributed by atoms with Gasteiger partial charge in [0, 0.05) is 30.9 Å². The molecule has 2 N–H and O–H groups in total. The third kappa shape index (κ3) is 3.96. The van der Waals surface area contributed by atoms with Crippen LogP contribution in [0.3, 0.4) is 0 Å². The number of anilines is 1. The number of hydrogen-bond acceptors (Lipinski definition) is 2. The first-order valence-corrected chi connectivity index (χ1v) is 8.41.